The van der Waals surface area contributed by atoms with Crippen LogP contribution < -0.4 is 5.32 Å². The van der Waals surface area contributed by atoms with Crippen molar-refractivity contribution >= 4 is 17.0 Å². The molecule has 4 heteroatoms. The molecule has 1 aromatic carbocycles. The van der Waals surface area contributed by atoms with Crippen LogP contribution in [0, 0.1) is 5.92 Å². The van der Waals surface area contributed by atoms with E-state index in [0.29, 0.717) is 0 Å². The van der Waals surface area contributed by atoms with Crippen molar-refractivity contribution < 1.29 is 0 Å². The molecule has 0 aliphatic heterocycles. The Bertz CT molecular complexity index is 772. The SMILES string of the molecule is Cn1c(NCC2CC2)nc2cnc(-c3ccccc3)cc21. The van der Waals surface area contributed by atoms with E-state index in [4.69, 9.17) is 0 Å². The first kappa shape index (κ1) is 12.4. The molecule has 1 saturated carbocycles. The molecule has 2 aromatic heterocycles. The Morgan fingerprint density at radius 3 is 2.81 bits per heavy atom. The van der Waals surface area contributed by atoms with Crippen LogP contribution in [0.5, 0.6) is 0 Å². The van der Waals surface area contributed by atoms with Gasteiger partial charge in [0.15, 0.2) is 0 Å². The number of fused-ring (bicyclic) bond motifs is 1. The van der Waals surface area contributed by atoms with Gasteiger partial charge in [0.2, 0.25) is 5.95 Å². The highest BCUT2D eigenvalue weighted by Crippen LogP contribution is 2.29. The van der Waals surface area contributed by atoms with Gasteiger partial charge in [-0.3, -0.25) is 4.98 Å². The zero-order valence-corrected chi connectivity index (χ0v) is 12.1. The van der Waals surface area contributed by atoms with Crippen molar-refractivity contribution in [3.05, 3.63) is 42.6 Å². The molecule has 4 nitrogen and oxygen atoms in total. The van der Waals surface area contributed by atoms with Gasteiger partial charge in [-0.15, -0.1) is 0 Å². The number of imidazole rings is 1. The van der Waals surface area contributed by atoms with Crippen LogP contribution in [0.3, 0.4) is 0 Å². The Morgan fingerprint density at radius 2 is 2.05 bits per heavy atom. The van der Waals surface area contributed by atoms with Gasteiger partial charge in [-0.1, -0.05) is 30.3 Å². The second-order valence-electron chi connectivity index (χ2n) is 5.74. The van der Waals surface area contributed by atoms with Gasteiger partial charge in [0, 0.05) is 19.2 Å². The van der Waals surface area contributed by atoms with Crippen molar-refractivity contribution in [1.82, 2.24) is 14.5 Å². The minimum atomic E-state index is 0.836. The molecule has 0 unspecified atom stereocenters. The molecule has 1 fully saturated rings. The van der Waals surface area contributed by atoms with Gasteiger partial charge in [-0.2, -0.15) is 0 Å². The Balaban J connectivity index is 1.71. The summed E-state index contributed by atoms with van der Waals surface area (Å²) in [6, 6.07) is 12.4. The molecule has 3 aromatic rings. The third-order valence-corrected chi connectivity index (χ3v) is 4.08. The van der Waals surface area contributed by atoms with Crippen LogP contribution in [0.25, 0.3) is 22.3 Å². The van der Waals surface area contributed by atoms with Crippen LogP contribution in [0.15, 0.2) is 42.6 Å². The number of rotatable bonds is 4. The smallest absolute Gasteiger partial charge is 0.203 e. The molecule has 2 heterocycles. The first-order valence-electron chi connectivity index (χ1n) is 7.43. The highest BCUT2D eigenvalue weighted by Gasteiger charge is 2.21. The fourth-order valence-electron chi connectivity index (χ4n) is 2.58. The van der Waals surface area contributed by atoms with E-state index in [0.717, 1.165) is 40.7 Å². The maximum absolute atomic E-state index is 4.64. The van der Waals surface area contributed by atoms with Gasteiger partial charge >= 0.3 is 0 Å². The number of hydrogen-bond acceptors (Lipinski definition) is 3. The maximum Gasteiger partial charge on any atom is 0.203 e. The third kappa shape index (κ3) is 2.37. The minimum Gasteiger partial charge on any atom is -0.355 e. The Morgan fingerprint density at radius 1 is 1.24 bits per heavy atom. The summed E-state index contributed by atoms with van der Waals surface area (Å²) in [6.07, 6.45) is 4.55. The summed E-state index contributed by atoms with van der Waals surface area (Å²) in [7, 11) is 2.05. The summed E-state index contributed by atoms with van der Waals surface area (Å²) in [5, 5.41) is 3.45. The molecule has 21 heavy (non-hydrogen) atoms. The van der Waals surface area contributed by atoms with Crippen molar-refractivity contribution in [2.45, 2.75) is 12.8 Å². The van der Waals surface area contributed by atoms with Crippen molar-refractivity contribution in [1.29, 1.82) is 0 Å². The number of aromatic nitrogens is 3. The molecule has 0 saturated heterocycles. The summed E-state index contributed by atoms with van der Waals surface area (Å²) in [5.41, 5.74) is 4.17. The monoisotopic (exact) mass is 278 g/mol. The molecular formula is C17H18N4. The van der Waals surface area contributed by atoms with Crippen LogP contribution in [-0.4, -0.2) is 21.1 Å². The summed E-state index contributed by atoms with van der Waals surface area (Å²) in [4.78, 5) is 9.17. The van der Waals surface area contributed by atoms with E-state index in [9.17, 15) is 0 Å². The van der Waals surface area contributed by atoms with E-state index in [-0.39, 0.29) is 0 Å². The summed E-state index contributed by atoms with van der Waals surface area (Å²) < 4.78 is 2.12. The Hall–Kier alpha value is -2.36. The zero-order valence-electron chi connectivity index (χ0n) is 12.1. The minimum absolute atomic E-state index is 0.836. The largest absolute Gasteiger partial charge is 0.355 e. The van der Waals surface area contributed by atoms with E-state index in [2.05, 4.69) is 45.1 Å². The van der Waals surface area contributed by atoms with Gasteiger partial charge in [-0.05, 0) is 24.8 Å². The van der Waals surface area contributed by atoms with E-state index < -0.39 is 0 Å². The third-order valence-electron chi connectivity index (χ3n) is 4.08. The van der Waals surface area contributed by atoms with Crippen molar-refractivity contribution in [3.8, 4) is 11.3 Å². The highest BCUT2D eigenvalue weighted by atomic mass is 15.2. The molecule has 1 aliphatic rings. The Kier molecular flexibility index (Phi) is 2.88. The van der Waals surface area contributed by atoms with Crippen LogP contribution >= 0.6 is 0 Å². The fourth-order valence-corrected chi connectivity index (χ4v) is 2.58. The quantitative estimate of drug-likeness (QED) is 0.794. The molecule has 0 spiro atoms. The number of nitrogens with zero attached hydrogens (tertiary/aromatic N) is 3. The van der Waals surface area contributed by atoms with E-state index in [1.807, 2.05) is 24.4 Å². The molecule has 1 N–H and O–H groups in total. The average Bonchev–Trinajstić information content (AvgIpc) is 3.31. The van der Waals surface area contributed by atoms with Crippen LogP contribution in [-0.2, 0) is 7.05 Å². The first-order chi connectivity index (χ1) is 10.3. The Labute approximate surface area is 123 Å². The maximum atomic E-state index is 4.64. The van der Waals surface area contributed by atoms with E-state index in [1.54, 1.807) is 0 Å². The van der Waals surface area contributed by atoms with Gasteiger partial charge in [0.05, 0.1) is 17.4 Å². The summed E-state index contributed by atoms with van der Waals surface area (Å²) >= 11 is 0. The van der Waals surface area contributed by atoms with E-state index in [1.165, 1.54) is 12.8 Å². The van der Waals surface area contributed by atoms with Gasteiger partial charge in [-0.25, -0.2) is 4.98 Å². The standard InChI is InChI=1S/C17H18N4/c1-21-16-9-14(13-5-3-2-4-6-13)18-11-15(16)20-17(21)19-10-12-7-8-12/h2-6,9,11-12H,7-8,10H2,1H3,(H,19,20). The molecule has 4 rings (SSSR count). The summed E-state index contributed by atoms with van der Waals surface area (Å²) in [6.45, 7) is 1.02. The first-order valence-corrected chi connectivity index (χ1v) is 7.43. The van der Waals surface area contributed by atoms with Gasteiger partial charge in [0.25, 0.3) is 0 Å². The number of anilines is 1. The number of benzene rings is 1. The topological polar surface area (TPSA) is 42.7 Å². The zero-order chi connectivity index (χ0) is 14.2. The molecule has 0 radical (unpaired) electrons. The van der Waals surface area contributed by atoms with Crippen molar-refractivity contribution in [2.24, 2.45) is 13.0 Å². The average molecular weight is 278 g/mol. The lowest BCUT2D eigenvalue weighted by atomic mass is 10.1. The molecule has 0 amide bonds. The molecular weight excluding hydrogens is 260 g/mol. The van der Waals surface area contributed by atoms with Crippen molar-refractivity contribution in [2.75, 3.05) is 11.9 Å². The lowest BCUT2D eigenvalue weighted by Gasteiger charge is -2.05. The molecule has 0 atom stereocenters. The highest BCUT2D eigenvalue weighted by molar-refractivity contribution is 5.81. The lowest BCUT2D eigenvalue weighted by Crippen LogP contribution is -2.07. The summed E-state index contributed by atoms with van der Waals surface area (Å²) in [5.74, 6) is 1.77. The molecule has 1 aliphatic carbocycles. The van der Waals surface area contributed by atoms with Crippen LogP contribution in [0.2, 0.25) is 0 Å². The second-order valence-corrected chi connectivity index (χ2v) is 5.74. The normalized spacial score (nSPS) is 14.5. The number of hydrogen-bond donors (Lipinski definition) is 1. The predicted molar refractivity (Wildman–Crippen MR) is 85.2 cm³/mol. The number of nitrogens with one attached hydrogen (secondary N) is 1. The fraction of sp³-hybridized carbons (Fsp3) is 0.294. The number of pyridine rings is 1. The van der Waals surface area contributed by atoms with Gasteiger partial charge < -0.3 is 9.88 Å². The van der Waals surface area contributed by atoms with Crippen molar-refractivity contribution in [3.63, 3.8) is 0 Å². The van der Waals surface area contributed by atoms with Gasteiger partial charge in [0.1, 0.15) is 5.52 Å². The van der Waals surface area contributed by atoms with Crippen LogP contribution in [0.1, 0.15) is 12.8 Å². The second kappa shape index (κ2) is 4.88. The molecule has 106 valence electrons. The molecule has 0 bridgehead atoms. The predicted octanol–water partition coefficient (Wildman–Crippen LogP) is 3.46. The number of aryl methyl sites for hydroxylation is 1. The van der Waals surface area contributed by atoms with Crippen LogP contribution in [0.4, 0.5) is 5.95 Å². The lowest BCUT2D eigenvalue weighted by molar-refractivity contribution is 0.850. The van der Waals surface area contributed by atoms with E-state index >= 15 is 0 Å².